The van der Waals surface area contributed by atoms with Crippen molar-refractivity contribution in [2.45, 2.75) is 18.7 Å². The Morgan fingerprint density at radius 2 is 1.88 bits per heavy atom. The molecule has 3 rings (SSSR count). The first-order valence-corrected chi connectivity index (χ1v) is 9.40. The van der Waals surface area contributed by atoms with E-state index in [-0.39, 0.29) is 11.5 Å². The average molecular weight is 418 g/mol. The first-order valence-electron chi connectivity index (χ1n) is 7.62. The summed E-state index contributed by atoms with van der Waals surface area (Å²) < 4.78 is 6.60. The molecule has 0 radical (unpaired) electrons. The molecule has 25 heavy (non-hydrogen) atoms. The molecule has 0 unspecified atom stereocenters. The van der Waals surface area contributed by atoms with E-state index in [0.717, 1.165) is 10.2 Å². The lowest BCUT2D eigenvalue weighted by Crippen LogP contribution is -2.02. The van der Waals surface area contributed by atoms with E-state index in [1.165, 1.54) is 17.3 Å². The predicted molar refractivity (Wildman–Crippen MR) is 101 cm³/mol. The van der Waals surface area contributed by atoms with Crippen LogP contribution in [0.15, 0.2) is 58.2 Å². The van der Waals surface area contributed by atoms with Gasteiger partial charge in [-0.05, 0) is 31.2 Å². The van der Waals surface area contributed by atoms with Crippen molar-refractivity contribution in [1.82, 2.24) is 15.2 Å². The number of hydrogen-bond donors (Lipinski definition) is 1. The maximum atomic E-state index is 12.1. The number of aryl methyl sites for hydroxylation is 1. The minimum atomic E-state index is 0.0414. The summed E-state index contributed by atoms with van der Waals surface area (Å²) in [7, 11) is 0. The molecule has 0 saturated carbocycles. The van der Waals surface area contributed by atoms with Crippen LogP contribution in [0.2, 0.25) is 0 Å². The summed E-state index contributed by atoms with van der Waals surface area (Å²) in [5.41, 5.74) is 1.86. The Bertz CT molecular complexity index is 848. The molecule has 1 heterocycles. The van der Waals surface area contributed by atoms with E-state index in [1.54, 1.807) is 12.1 Å². The summed E-state index contributed by atoms with van der Waals surface area (Å²) in [6.07, 6.45) is 0. The predicted octanol–water partition coefficient (Wildman–Crippen LogP) is 4.43. The highest BCUT2D eigenvalue weighted by Gasteiger charge is 2.10. The highest BCUT2D eigenvalue weighted by molar-refractivity contribution is 9.10. The van der Waals surface area contributed by atoms with E-state index in [9.17, 15) is 4.79 Å². The minimum Gasteiger partial charge on any atom is -0.486 e. The second-order valence-electron chi connectivity index (χ2n) is 5.39. The van der Waals surface area contributed by atoms with Crippen molar-refractivity contribution in [1.29, 1.82) is 0 Å². The number of aromatic nitrogens is 3. The Morgan fingerprint density at radius 1 is 1.16 bits per heavy atom. The van der Waals surface area contributed by atoms with E-state index in [2.05, 4.69) is 31.1 Å². The molecule has 1 N–H and O–H groups in total. The number of halogens is 1. The van der Waals surface area contributed by atoms with Crippen LogP contribution in [0.5, 0.6) is 5.75 Å². The Hall–Kier alpha value is -2.12. The number of benzene rings is 2. The van der Waals surface area contributed by atoms with Crippen molar-refractivity contribution in [3.8, 4) is 5.75 Å². The Morgan fingerprint density at radius 3 is 2.60 bits per heavy atom. The molecule has 2 aromatic carbocycles. The highest BCUT2D eigenvalue weighted by atomic mass is 79.9. The SMILES string of the molecule is Cc1ccc(OCc2nc(SCC(=O)c3ccc(Br)cc3)n[nH]2)cc1. The number of H-pyrrole nitrogens is 1. The standard InChI is InChI=1S/C18H16BrN3O2S/c1-12-2-8-15(9-3-12)24-10-17-20-18(22-21-17)25-11-16(23)13-4-6-14(19)7-5-13/h2-9H,10-11H2,1H3,(H,20,21,22). The summed E-state index contributed by atoms with van der Waals surface area (Å²) in [4.78, 5) is 16.5. The molecular formula is C18H16BrN3O2S. The Balaban J connectivity index is 1.50. The van der Waals surface area contributed by atoms with Gasteiger partial charge in [-0.15, -0.1) is 5.10 Å². The molecule has 3 aromatic rings. The van der Waals surface area contributed by atoms with Crippen LogP contribution in [0, 0.1) is 6.92 Å². The number of nitrogens with one attached hydrogen (secondary N) is 1. The fourth-order valence-electron chi connectivity index (χ4n) is 2.04. The average Bonchev–Trinajstić information content (AvgIpc) is 3.08. The van der Waals surface area contributed by atoms with Crippen LogP contribution >= 0.6 is 27.7 Å². The van der Waals surface area contributed by atoms with Crippen molar-refractivity contribution >= 4 is 33.5 Å². The van der Waals surface area contributed by atoms with Crippen LogP contribution in [-0.4, -0.2) is 26.7 Å². The quantitative estimate of drug-likeness (QED) is 0.454. The van der Waals surface area contributed by atoms with Crippen molar-refractivity contribution in [2.75, 3.05) is 5.75 Å². The fourth-order valence-corrected chi connectivity index (χ4v) is 3.02. The lowest BCUT2D eigenvalue weighted by Gasteiger charge is -2.03. The van der Waals surface area contributed by atoms with Crippen molar-refractivity contribution in [3.63, 3.8) is 0 Å². The zero-order valence-corrected chi connectivity index (χ0v) is 15.9. The third-order valence-corrected chi connectivity index (χ3v) is 4.78. The summed E-state index contributed by atoms with van der Waals surface area (Å²) in [6.45, 7) is 2.33. The van der Waals surface area contributed by atoms with E-state index in [0.29, 0.717) is 23.2 Å². The molecule has 7 heteroatoms. The third-order valence-electron chi connectivity index (χ3n) is 3.41. The van der Waals surface area contributed by atoms with Gasteiger partial charge in [0.2, 0.25) is 5.16 Å². The van der Waals surface area contributed by atoms with Gasteiger partial charge in [-0.1, -0.05) is 57.5 Å². The molecule has 0 spiro atoms. The van der Waals surface area contributed by atoms with E-state index in [1.807, 2.05) is 43.3 Å². The maximum absolute atomic E-state index is 12.1. The number of nitrogens with zero attached hydrogens (tertiary/aromatic N) is 2. The number of rotatable bonds is 7. The largest absolute Gasteiger partial charge is 0.486 e. The fraction of sp³-hybridized carbons (Fsp3) is 0.167. The van der Waals surface area contributed by atoms with Gasteiger partial charge in [-0.2, -0.15) is 0 Å². The molecule has 0 atom stereocenters. The number of hydrogen-bond acceptors (Lipinski definition) is 5. The monoisotopic (exact) mass is 417 g/mol. The van der Waals surface area contributed by atoms with Gasteiger partial charge in [0.1, 0.15) is 12.4 Å². The summed E-state index contributed by atoms with van der Waals surface area (Å²) >= 11 is 4.66. The summed E-state index contributed by atoms with van der Waals surface area (Å²) in [6, 6.07) is 15.1. The molecule has 1 aromatic heterocycles. The Labute approximate surface area is 158 Å². The summed E-state index contributed by atoms with van der Waals surface area (Å²) in [5.74, 6) is 1.73. The van der Waals surface area contributed by atoms with Crippen LogP contribution in [-0.2, 0) is 6.61 Å². The molecule has 0 aliphatic rings. The van der Waals surface area contributed by atoms with Gasteiger partial charge in [0.05, 0.1) is 5.75 Å². The van der Waals surface area contributed by atoms with Crippen LogP contribution in [0.3, 0.4) is 0 Å². The third kappa shape index (κ3) is 5.17. The summed E-state index contributed by atoms with van der Waals surface area (Å²) in [5, 5.41) is 7.48. The number of ketones is 1. The first-order chi connectivity index (χ1) is 12.1. The van der Waals surface area contributed by atoms with E-state index in [4.69, 9.17) is 4.74 Å². The van der Waals surface area contributed by atoms with E-state index < -0.39 is 0 Å². The normalized spacial score (nSPS) is 10.6. The topological polar surface area (TPSA) is 67.9 Å². The number of Topliss-reactive ketones (excluding diaryl/α,β-unsaturated/α-hetero) is 1. The number of thioether (sulfide) groups is 1. The van der Waals surface area contributed by atoms with Crippen LogP contribution in [0.25, 0.3) is 0 Å². The molecular weight excluding hydrogens is 402 g/mol. The second-order valence-corrected chi connectivity index (χ2v) is 7.24. The number of carbonyl (C=O) groups is 1. The van der Waals surface area contributed by atoms with Crippen LogP contribution < -0.4 is 4.74 Å². The van der Waals surface area contributed by atoms with Crippen LogP contribution in [0.4, 0.5) is 0 Å². The molecule has 0 bridgehead atoms. The van der Waals surface area contributed by atoms with Crippen molar-refractivity contribution in [2.24, 2.45) is 0 Å². The lowest BCUT2D eigenvalue weighted by atomic mass is 10.2. The van der Waals surface area contributed by atoms with Gasteiger partial charge < -0.3 is 4.74 Å². The van der Waals surface area contributed by atoms with Gasteiger partial charge in [-0.25, -0.2) is 4.98 Å². The van der Waals surface area contributed by atoms with Gasteiger partial charge >= 0.3 is 0 Å². The first kappa shape index (κ1) is 17.7. The number of ether oxygens (including phenoxy) is 1. The minimum absolute atomic E-state index is 0.0414. The molecule has 0 saturated heterocycles. The van der Waals surface area contributed by atoms with Crippen LogP contribution in [0.1, 0.15) is 21.7 Å². The second kappa shape index (κ2) is 8.31. The van der Waals surface area contributed by atoms with E-state index >= 15 is 0 Å². The molecule has 128 valence electrons. The zero-order valence-electron chi connectivity index (χ0n) is 13.5. The van der Waals surface area contributed by atoms with Crippen molar-refractivity contribution in [3.05, 3.63) is 70.0 Å². The molecule has 5 nitrogen and oxygen atoms in total. The molecule has 0 aliphatic heterocycles. The molecule has 0 fully saturated rings. The smallest absolute Gasteiger partial charge is 0.208 e. The van der Waals surface area contributed by atoms with Crippen molar-refractivity contribution < 1.29 is 9.53 Å². The Kier molecular flexibility index (Phi) is 5.88. The number of aromatic amines is 1. The van der Waals surface area contributed by atoms with Gasteiger partial charge in [0, 0.05) is 10.0 Å². The van der Waals surface area contributed by atoms with Gasteiger partial charge in [-0.3, -0.25) is 9.89 Å². The van der Waals surface area contributed by atoms with Gasteiger partial charge in [0.15, 0.2) is 11.6 Å². The number of carbonyl (C=O) groups excluding carboxylic acids is 1. The molecule has 0 aliphatic carbocycles. The maximum Gasteiger partial charge on any atom is 0.208 e. The van der Waals surface area contributed by atoms with Gasteiger partial charge in [0.25, 0.3) is 0 Å². The highest BCUT2D eigenvalue weighted by Crippen LogP contribution is 2.17. The lowest BCUT2D eigenvalue weighted by molar-refractivity contribution is 0.102. The zero-order chi connectivity index (χ0) is 17.6. The molecule has 0 amide bonds.